The minimum Gasteiger partial charge on any atom is -0.357 e. The number of rotatable bonds is 5. The van der Waals surface area contributed by atoms with E-state index in [1.54, 1.807) is 0 Å². The molecule has 4 aromatic rings. The van der Waals surface area contributed by atoms with E-state index in [-0.39, 0.29) is 0 Å². The van der Waals surface area contributed by atoms with E-state index < -0.39 is 0 Å². The van der Waals surface area contributed by atoms with Crippen molar-refractivity contribution in [2.24, 2.45) is 0 Å². The van der Waals surface area contributed by atoms with Crippen LogP contribution in [0.15, 0.2) is 41.8 Å². The zero-order chi connectivity index (χ0) is 17.4. The van der Waals surface area contributed by atoms with Gasteiger partial charge in [0, 0.05) is 40.6 Å². The van der Waals surface area contributed by atoms with Crippen LogP contribution in [0.3, 0.4) is 0 Å². The Morgan fingerprint density at radius 3 is 2.24 bits per heavy atom. The number of hydrogen-bond acceptors (Lipinski definition) is 4. The maximum absolute atomic E-state index is 3.96. The van der Waals surface area contributed by atoms with E-state index in [4.69, 9.17) is 0 Å². The van der Waals surface area contributed by atoms with E-state index in [2.05, 4.69) is 61.4 Å². The van der Waals surface area contributed by atoms with E-state index in [1.807, 2.05) is 45.3 Å². The lowest BCUT2D eigenvalue weighted by atomic mass is 10.2. The fourth-order valence-corrected chi connectivity index (χ4v) is 7.48. The molecule has 128 valence electrons. The van der Waals surface area contributed by atoms with Crippen LogP contribution < -0.4 is 5.73 Å². The molecule has 0 atom stereocenters. The van der Waals surface area contributed by atoms with Crippen LogP contribution in [0.4, 0.5) is 0 Å². The molecule has 4 heterocycles. The van der Waals surface area contributed by atoms with Gasteiger partial charge in [-0.05, 0) is 66.8 Å². The van der Waals surface area contributed by atoms with Crippen molar-refractivity contribution >= 4 is 45.3 Å². The van der Waals surface area contributed by atoms with Gasteiger partial charge in [0.05, 0.1) is 6.54 Å². The van der Waals surface area contributed by atoms with E-state index in [0.29, 0.717) is 0 Å². The summed E-state index contributed by atoms with van der Waals surface area (Å²) < 4.78 is 0. The highest BCUT2D eigenvalue weighted by molar-refractivity contribution is 7.28. The second kappa shape index (κ2) is 7.17. The van der Waals surface area contributed by atoms with Gasteiger partial charge in [-0.3, -0.25) is 0 Å². The minimum absolute atomic E-state index is 0.967. The fraction of sp³-hybridized carbons (Fsp3) is 0.200. The summed E-state index contributed by atoms with van der Waals surface area (Å²) in [5.41, 5.74) is 6.71. The third kappa shape index (κ3) is 3.39. The van der Waals surface area contributed by atoms with Crippen LogP contribution in [0.5, 0.6) is 0 Å². The predicted molar refractivity (Wildman–Crippen MR) is 115 cm³/mol. The van der Waals surface area contributed by atoms with Gasteiger partial charge >= 0.3 is 0 Å². The van der Waals surface area contributed by atoms with E-state index in [1.165, 1.54) is 45.3 Å². The molecule has 4 rings (SSSR count). The van der Waals surface area contributed by atoms with Crippen LogP contribution in [0.1, 0.15) is 16.0 Å². The molecule has 1 nitrogen and oxygen atoms in total. The third-order valence-corrected chi connectivity index (χ3v) is 9.20. The van der Waals surface area contributed by atoms with Crippen molar-refractivity contribution in [1.82, 2.24) is 0 Å². The predicted octanol–water partition coefficient (Wildman–Crippen LogP) is 6.33. The molecule has 4 aromatic heterocycles. The smallest absolute Gasteiger partial charge is 0.0788 e. The van der Waals surface area contributed by atoms with Crippen LogP contribution in [0.2, 0.25) is 0 Å². The number of quaternary nitrogens is 1. The molecule has 0 radical (unpaired) electrons. The van der Waals surface area contributed by atoms with Gasteiger partial charge in [0.2, 0.25) is 0 Å². The first kappa shape index (κ1) is 17.2. The van der Waals surface area contributed by atoms with Crippen LogP contribution in [0, 0.1) is 13.8 Å². The molecular weight excluding hydrogens is 382 g/mol. The Bertz CT molecular complexity index is 999. The van der Waals surface area contributed by atoms with Crippen molar-refractivity contribution in [1.29, 1.82) is 0 Å². The molecule has 0 unspecified atom stereocenters. The summed E-state index contributed by atoms with van der Waals surface area (Å²) in [5.74, 6) is 0. The monoisotopic (exact) mass is 402 g/mol. The van der Waals surface area contributed by atoms with Gasteiger partial charge in [-0.15, -0.1) is 45.3 Å². The van der Waals surface area contributed by atoms with Crippen molar-refractivity contribution in [2.45, 2.75) is 20.3 Å². The van der Waals surface area contributed by atoms with Crippen LogP contribution in [-0.2, 0) is 6.42 Å². The Hall–Kier alpha value is -1.24. The standard InChI is InChI=1S/C20H19NS4/c1-12-8-10-22-19(12)16-5-6-17(24-16)20-13(2)11-18(25-20)15-4-3-14(23-15)7-9-21/h3-6,8,10-11H,7,9,21H2,1-2H3/p+1. The highest BCUT2D eigenvalue weighted by Gasteiger charge is 2.14. The topological polar surface area (TPSA) is 27.6 Å². The van der Waals surface area contributed by atoms with Crippen molar-refractivity contribution in [3.05, 3.63) is 57.8 Å². The molecule has 0 fully saturated rings. The molecule has 0 saturated heterocycles. The number of hydrogen-bond donors (Lipinski definition) is 1. The largest absolute Gasteiger partial charge is 0.357 e. The molecule has 0 saturated carbocycles. The van der Waals surface area contributed by atoms with Crippen molar-refractivity contribution in [3.8, 4) is 29.3 Å². The Kier molecular flexibility index (Phi) is 4.93. The highest BCUT2D eigenvalue weighted by atomic mass is 32.1. The molecule has 0 spiro atoms. The van der Waals surface area contributed by atoms with Crippen LogP contribution in [0.25, 0.3) is 29.3 Å². The lowest BCUT2D eigenvalue weighted by Gasteiger charge is -1.95. The van der Waals surface area contributed by atoms with Gasteiger partial charge in [0.1, 0.15) is 0 Å². The molecule has 0 aromatic carbocycles. The second-order valence-corrected chi connectivity index (χ2v) is 10.3. The Labute approximate surface area is 164 Å². The zero-order valence-corrected chi connectivity index (χ0v) is 17.6. The summed E-state index contributed by atoms with van der Waals surface area (Å²) in [6, 6.07) is 13.6. The second-order valence-electron chi connectivity index (χ2n) is 6.09. The van der Waals surface area contributed by atoms with Gasteiger partial charge in [0.15, 0.2) is 0 Å². The Balaban J connectivity index is 1.66. The van der Waals surface area contributed by atoms with E-state index in [0.717, 1.165) is 13.0 Å². The molecule has 3 N–H and O–H groups in total. The molecule has 5 heteroatoms. The van der Waals surface area contributed by atoms with Gasteiger partial charge in [-0.2, -0.15) is 0 Å². The van der Waals surface area contributed by atoms with Crippen molar-refractivity contribution < 1.29 is 5.73 Å². The summed E-state index contributed by atoms with van der Waals surface area (Å²) in [6.45, 7) is 5.39. The average Bonchev–Trinajstić information content (AvgIpc) is 3.33. The Morgan fingerprint density at radius 2 is 1.52 bits per heavy atom. The van der Waals surface area contributed by atoms with Crippen molar-refractivity contribution in [2.75, 3.05) is 6.54 Å². The molecule has 0 bridgehead atoms. The first-order valence-electron chi connectivity index (χ1n) is 8.29. The summed E-state index contributed by atoms with van der Waals surface area (Å²) >= 11 is 7.57. The molecule has 0 amide bonds. The molecular formula is C20H20NS4+. The van der Waals surface area contributed by atoms with Gasteiger partial charge in [0.25, 0.3) is 0 Å². The summed E-state index contributed by atoms with van der Waals surface area (Å²) in [4.78, 5) is 9.78. The zero-order valence-electron chi connectivity index (χ0n) is 14.3. The van der Waals surface area contributed by atoms with Gasteiger partial charge < -0.3 is 5.73 Å². The van der Waals surface area contributed by atoms with Gasteiger partial charge in [-0.1, -0.05) is 0 Å². The maximum atomic E-state index is 3.96. The first-order valence-corrected chi connectivity index (χ1v) is 11.6. The van der Waals surface area contributed by atoms with Gasteiger partial charge in [-0.25, -0.2) is 0 Å². The maximum Gasteiger partial charge on any atom is 0.0788 e. The normalized spacial score (nSPS) is 11.3. The van der Waals surface area contributed by atoms with Crippen LogP contribution >= 0.6 is 45.3 Å². The SMILES string of the molecule is Cc1ccsc1-c1ccc(-c2sc(-c3ccc(CC[NH3+])s3)cc2C)s1. The molecule has 0 aliphatic heterocycles. The number of aryl methyl sites for hydroxylation is 2. The van der Waals surface area contributed by atoms with E-state index in [9.17, 15) is 0 Å². The quantitative estimate of drug-likeness (QED) is 0.404. The summed E-state index contributed by atoms with van der Waals surface area (Å²) in [5, 5.41) is 2.18. The average molecular weight is 403 g/mol. The Morgan fingerprint density at radius 1 is 0.760 bits per heavy atom. The lowest BCUT2D eigenvalue weighted by Crippen LogP contribution is -2.51. The highest BCUT2D eigenvalue weighted by Crippen LogP contribution is 2.45. The number of thiophene rings is 4. The van der Waals surface area contributed by atoms with E-state index >= 15 is 0 Å². The fourth-order valence-electron chi connectivity index (χ4n) is 2.87. The first-order chi connectivity index (χ1) is 12.2. The third-order valence-electron chi connectivity index (χ3n) is 4.16. The molecule has 0 aliphatic rings. The van der Waals surface area contributed by atoms with Crippen molar-refractivity contribution in [3.63, 3.8) is 0 Å². The summed E-state index contributed by atoms with van der Waals surface area (Å²) in [6.07, 6.45) is 1.08. The summed E-state index contributed by atoms with van der Waals surface area (Å²) in [7, 11) is 0. The molecule has 0 aliphatic carbocycles. The minimum atomic E-state index is 0.967. The molecule has 25 heavy (non-hydrogen) atoms. The lowest BCUT2D eigenvalue weighted by molar-refractivity contribution is -0.366. The van der Waals surface area contributed by atoms with Crippen LogP contribution in [-0.4, -0.2) is 6.54 Å².